The Labute approximate surface area is 133 Å². The number of hydrogen-bond acceptors (Lipinski definition) is 2. The monoisotopic (exact) mass is 347 g/mol. The first-order valence-corrected chi connectivity index (χ1v) is 6.69. The molecule has 0 bridgehead atoms. The molecule has 122 valence electrons. The summed E-state index contributed by atoms with van der Waals surface area (Å²) in [5, 5.41) is 1.96. The third kappa shape index (κ3) is 4.59. The Morgan fingerprint density at radius 2 is 1.87 bits per heavy atom. The van der Waals surface area contributed by atoms with Crippen molar-refractivity contribution in [2.24, 2.45) is 0 Å². The molecule has 0 saturated heterocycles. The van der Waals surface area contributed by atoms with Crippen LogP contribution in [0.5, 0.6) is 5.75 Å². The molecule has 2 aromatic carbocycles. The molecule has 0 aliphatic carbocycles. The van der Waals surface area contributed by atoms with Crippen LogP contribution in [0.1, 0.15) is 5.56 Å². The molecule has 0 saturated carbocycles. The molecule has 0 fully saturated rings. The van der Waals surface area contributed by atoms with Crippen LogP contribution in [0.15, 0.2) is 42.5 Å². The average Bonchev–Trinajstić information content (AvgIpc) is 2.47. The Balaban J connectivity index is 2.08. The Hall–Kier alpha value is -2.28. The summed E-state index contributed by atoms with van der Waals surface area (Å²) in [7, 11) is 0. The molecule has 2 rings (SSSR count). The number of halogens is 5. The van der Waals surface area contributed by atoms with E-state index in [0.29, 0.717) is 6.07 Å². The van der Waals surface area contributed by atoms with Gasteiger partial charge in [-0.2, -0.15) is 13.2 Å². The molecular weight excluding hydrogens is 338 g/mol. The third-order valence-corrected chi connectivity index (χ3v) is 2.99. The van der Waals surface area contributed by atoms with E-state index in [1.54, 1.807) is 0 Å². The summed E-state index contributed by atoms with van der Waals surface area (Å²) in [6.07, 6.45) is -4.68. The fourth-order valence-corrected chi connectivity index (χ4v) is 1.92. The second-order valence-corrected chi connectivity index (χ2v) is 4.89. The predicted octanol–water partition coefficient (Wildman–Crippen LogP) is 4.52. The zero-order valence-electron chi connectivity index (χ0n) is 11.5. The number of ether oxygens (including phenoxy) is 1. The number of benzene rings is 2. The number of anilines is 1. The Bertz CT molecular complexity index is 719. The second kappa shape index (κ2) is 6.87. The van der Waals surface area contributed by atoms with Gasteiger partial charge in [0, 0.05) is 5.02 Å². The van der Waals surface area contributed by atoms with Crippen LogP contribution in [0.2, 0.25) is 5.02 Å². The van der Waals surface area contributed by atoms with Crippen LogP contribution in [-0.4, -0.2) is 12.5 Å². The van der Waals surface area contributed by atoms with Crippen molar-refractivity contribution in [3.05, 3.63) is 58.9 Å². The van der Waals surface area contributed by atoms with Crippen molar-refractivity contribution >= 4 is 23.2 Å². The summed E-state index contributed by atoms with van der Waals surface area (Å²) in [4.78, 5) is 11.7. The minimum absolute atomic E-state index is 0.113. The van der Waals surface area contributed by atoms with E-state index in [1.165, 1.54) is 24.3 Å². The summed E-state index contributed by atoms with van der Waals surface area (Å²) in [5.74, 6) is -1.71. The smallest absolute Gasteiger partial charge is 0.418 e. The maximum absolute atomic E-state index is 13.3. The Kier molecular flexibility index (Phi) is 5.10. The van der Waals surface area contributed by atoms with Gasteiger partial charge in [0.2, 0.25) is 0 Å². The highest BCUT2D eigenvalue weighted by atomic mass is 35.5. The Morgan fingerprint density at radius 1 is 1.17 bits per heavy atom. The van der Waals surface area contributed by atoms with Crippen LogP contribution in [0.3, 0.4) is 0 Å². The fraction of sp³-hybridized carbons (Fsp3) is 0.133. The minimum atomic E-state index is -4.68. The first-order valence-electron chi connectivity index (χ1n) is 6.31. The average molecular weight is 348 g/mol. The van der Waals surface area contributed by atoms with E-state index in [1.807, 2.05) is 0 Å². The first kappa shape index (κ1) is 17.1. The van der Waals surface area contributed by atoms with Gasteiger partial charge in [0.25, 0.3) is 5.91 Å². The first-order chi connectivity index (χ1) is 10.8. The number of amides is 1. The van der Waals surface area contributed by atoms with Gasteiger partial charge in [-0.3, -0.25) is 4.79 Å². The Morgan fingerprint density at radius 3 is 2.52 bits per heavy atom. The lowest BCUT2D eigenvalue weighted by atomic mass is 10.1. The molecule has 0 aliphatic rings. The number of carbonyl (C=O) groups excluding carboxylic acids is 1. The molecular formula is C15H10ClF4NO2. The molecule has 3 nitrogen and oxygen atoms in total. The summed E-state index contributed by atoms with van der Waals surface area (Å²) in [5.41, 5.74) is -1.53. The van der Waals surface area contributed by atoms with E-state index < -0.39 is 35.8 Å². The lowest BCUT2D eigenvalue weighted by Gasteiger charge is -2.14. The number of nitrogens with one attached hydrogen (secondary N) is 1. The highest BCUT2D eigenvalue weighted by molar-refractivity contribution is 6.30. The maximum atomic E-state index is 13.3. The van der Waals surface area contributed by atoms with E-state index in [0.717, 1.165) is 12.1 Å². The normalized spacial score (nSPS) is 11.2. The number of alkyl halides is 3. The maximum Gasteiger partial charge on any atom is 0.418 e. The topological polar surface area (TPSA) is 38.3 Å². The number of carbonyl (C=O) groups is 1. The lowest BCUT2D eigenvalue weighted by Crippen LogP contribution is -2.22. The zero-order chi connectivity index (χ0) is 17.0. The van der Waals surface area contributed by atoms with Crippen LogP contribution in [0, 0.1) is 5.82 Å². The molecule has 1 amide bonds. The van der Waals surface area contributed by atoms with Crippen molar-refractivity contribution in [1.29, 1.82) is 0 Å². The van der Waals surface area contributed by atoms with Gasteiger partial charge < -0.3 is 10.1 Å². The number of para-hydroxylation sites is 1. The minimum Gasteiger partial charge on any atom is -0.481 e. The van der Waals surface area contributed by atoms with Gasteiger partial charge in [-0.15, -0.1) is 0 Å². The number of rotatable bonds is 4. The van der Waals surface area contributed by atoms with Crippen LogP contribution < -0.4 is 10.1 Å². The van der Waals surface area contributed by atoms with Crippen LogP contribution in [-0.2, 0) is 11.0 Å². The molecule has 2 aromatic rings. The van der Waals surface area contributed by atoms with Gasteiger partial charge in [-0.1, -0.05) is 23.7 Å². The van der Waals surface area contributed by atoms with Gasteiger partial charge in [-0.05, 0) is 30.3 Å². The van der Waals surface area contributed by atoms with Crippen molar-refractivity contribution in [1.82, 2.24) is 0 Å². The van der Waals surface area contributed by atoms with Crippen LogP contribution in [0.25, 0.3) is 0 Å². The highest BCUT2D eigenvalue weighted by Crippen LogP contribution is 2.36. The number of hydrogen-bond donors (Lipinski definition) is 1. The third-order valence-electron chi connectivity index (χ3n) is 2.76. The molecule has 0 aromatic heterocycles. The summed E-state index contributed by atoms with van der Waals surface area (Å²) >= 11 is 5.54. The predicted molar refractivity (Wildman–Crippen MR) is 77.0 cm³/mol. The summed E-state index contributed by atoms with van der Waals surface area (Å²) < 4.78 is 56.9. The molecule has 0 unspecified atom stereocenters. The molecule has 1 N–H and O–H groups in total. The SMILES string of the molecule is O=C(COc1ccccc1F)Nc1ccc(Cl)cc1C(F)(F)F. The summed E-state index contributed by atoms with van der Waals surface area (Å²) in [6, 6.07) is 8.31. The largest absolute Gasteiger partial charge is 0.481 e. The molecule has 0 aliphatic heterocycles. The van der Waals surface area contributed by atoms with Crippen molar-refractivity contribution < 1.29 is 27.1 Å². The van der Waals surface area contributed by atoms with Gasteiger partial charge in [0.15, 0.2) is 18.2 Å². The van der Waals surface area contributed by atoms with E-state index in [-0.39, 0.29) is 10.8 Å². The van der Waals surface area contributed by atoms with Gasteiger partial charge in [0.1, 0.15) is 0 Å². The molecule has 8 heteroatoms. The molecule has 23 heavy (non-hydrogen) atoms. The van der Waals surface area contributed by atoms with E-state index >= 15 is 0 Å². The van der Waals surface area contributed by atoms with Crippen molar-refractivity contribution in [3.8, 4) is 5.75 Å². The van der Waals surface area contributed by atoms with Crippen molar-refractivity contribution in [3.63, 3.8) is 0 Å². The molecule has 0 atom stereocenters. The molecule has 0 heterocycles. The molecule has 0 spiro atoms. The van der Waals surface area contributed by atoms with Crippen molar-refractivity contribution in [2.45, 2.75) is 6.18 Å². The van der Waals surface area contributed by atoms with Gasteiger partial charge >= 0.3 is 6.18 Å². The second-order valence-electron chi connectivity index (χ2n) is 4.45. The van der Waals surface area contributed by atoms with Crippen LogP contribution >= 0.6 is 11.6 Å². The van der Waals surface area contributed by atoms with E-state index in [9.17, 15) is 22.4 Å². The van der Waals surface area contributed by atoms with Crippen molar-refractivity contribution in [2.75, 3.05) is 11.9 Å². The summed E-state index contributed by atoms with van der Waals surface area (Å²) in [6.45, 7) is -0.638. The van der Waals surface area contributed by atoms with Crippen LogP contribution in [0.4, 0.5) is 23.2 Å². The van der Waals surface area contributed by atoms with E-state index in [4.69, 9.17) is 16.3 Å². The van der Waals surface area contributed by atoms with Gasteiger partial charge in [0.05, 0.1) is 11.3 Å². The highest BCUT2D eigenvalue weighted by Gasteiger charge is 2.34. The fourth-order valence-electron chi connectivity index (χ4n) is 1.75. The quantitative estimate of drug-likeness (QED) is 0.826. The molecule has 0 radical (unpaired) electrons. The lowest BCUT2D eigenvalue weighted by molar-refractivity contribution is -0.137. The standard InChI is InChI=1S/C15H10ClF4NO2/c16-9-5-6-12(10(7-9)15(18,19)20)21-14(22)8-23-13-4-2-1-3-11(13)17/h1-7H,8H2,(H,21,22). The zero-order valence-corrected chi connectivity index (χ0v) is 12.2. The van der Waals surface area contributed by atoms with E-state index in [2.05, 4.69) is 5.32 Å². The van der Waals surface area contributed by atoms with Gasteiger partial charge in [-0.25, -0.2) is 4.39 Å².